The summed E-state index contributed by atoms with van der Waals surface area (Å²) in [6.07, 6.45) is 0.163. The molecule has 0 aliphatic carbocycles. The van der Waals surface area contributed by atoms with Crippen molar-refractivity contribution >= 4 is 45.8 Å². The predicted molar refractivity (Wildman–Crippen MR) is 88.3 cm³/mol. The number of pyridine rings is 1. The molecule has 6 nitrogen and oxygen atoms in total. The number of hydrogen-bond acceptors (Lipinski definition) is 4. The van der Waals surface area contributed by atoms with Crippen LogP contribution in [0.15, 0.2) is 22.7 Å². The van der Waals surface area contributed by atoms with E-state index in [4.69, 9.17) is 16.7 Å². The molecule has 0 fully saturated rings. The van der Waals surface area contributed by atoms with Crippen LogP contribution in [0.5, 0.6) is 0 Å². The van der Waals surface area contributed by atoms with Crippen molar-refractivity contribution < 1.29 is 14.5 Å². The summed E-state index contributed by atoms with van der Waals surface area (Å²) >= 11 is 4.64. The third-order valence-electron chi connectivity index (χ3n) is 2.92. The van der Waals surface area contributed by atoms with Gasteiger partial charge in [0.05, 0.1) is 16.2 Å². The van der Waals surface area contributed by atoms with Gasteiger partial charge in [0.15, 0.2) is 0 Å². The molecule has 0 bridgehead atoms. The molecule has 0 spiro atoms. The summed E-state index contributed by atoms with van der Waals surface area (Å²) in [5.41, 5.74) is 1.79. The van der Waals surface area contributed by atoms with E-state index in [0.717, 1.165) is 4.57 Å². The first kappa shape index (κ1) is 16.8. The normalized spacial score (nSPS) is 14.4. The molecule has 2 aromatic rings. The van der Waals surface area contributed by atoms with E-state index in [1.807, 2.05) is 20.8 Å². The minimum absolute atomic E-state index is 0.240. The lowest BCUT2D eigenvalue weighted by molar-refractivity contribution is 0.197. The minimum Gasteiger partial charge on any atom is -0.591 e. The Bertz CT molecular complexity index is 765. The van der Waals surface area contributed by atoms with Gasteiger partial charge < -0.3 is 9.66 Å². The van der Waals surface area contributed by atoms with Crippen molar-refractivity contribution in [2.24, 2.45) is 4.40 Å². The van der Waals surface area contributed by atoms with Gasteiger partial charge in [-0.25, -0.2) is 14.3 Å². The van der Waals surface area contributed by atoms with Crippen LogP contribution in [0.3, 0.4) is 0 Å². The second-order valence-corrected chi connectivity index (χ2v) is 8.04. The SMILES string of the molecule is C/C(=N/[S+]([O-])C(C)(C)C)c1ccc2c(n1)c(Cl)cn2C(=O)O. The topological polar surface area (TPSA) is 90.5 Å². The van der Waals surface area contributed by atoms with Crippen LogP contribution < -0.4 is 0 Å². The molecule has 8 heteroatoms. The second-order valence-electron chi connectivity index (χ2n) is 5.73. The maximum atomic E-state index is 12.1. The fourth-order valence-electron chi connectivity index (χ4n) is 1.73. The number of carbonyl (C=O) groups is 1. The highest BCUT2D eigenvalue weighted by atomic mass is 35.5. The van der Waals surface area contributed by atoms with Crippen LogP contribution in [0.4, 0.5) is 4.79 Å². The van der Waals surface area contributed by atoms with Gasteiger partial charge >= 0.3 is 6.09 Å². The quantitative estimate of drug-likeness (QED) is 0.668. The van der Waals surface area contributed by atoms with E-state index in [1.165, 1.54) is 6.20 Å². The molecule has 1 unspecified atom stereocenters. The van der Waals surface area contributed by atoms with Crippen molar-refractivity contribution in [2.75, 3.05) is 0 Å². The Kier molecular flexibility index (Phi) is 4.51. The maximum Gasteiger partial charge on any atom is 0.416 e. The summed E-state index contributed by atoms with van der Waals surface area (Å²) in [4.78, 5) is 15.4. The van der Waals surface area contributed by atoms with Crippen LogP contribution >= 0.6 is 11.6 Å². The van der Waals surface area contributed by atoms with Gasteiger partial charge in [-0.05, 0) is 39.8 Å². The Balaban J connectivity index is 2.48. The van der Waals surface area contributed by atoms with Gasteiger partial charge in [-0.3, -0.25) is 0 Å². The van der Waals surface area contributed by atoms with Gasteiger partial charge in [-0.1, -0.05) is 16.0 Å². The molecule has 22 heavy (non-hydrogen) atoms. The molecule has 0 aliphatic heterocycles. The third kappa shape index (κ3) is 3.26. The van der Waals surface area contributed by atoms with Crippen LogP contribution in [0, 0.1) is 0 Å². The first-order valence-electron chi connectivity index (χ1n) is 6.50. The molecule has 0 saturated heterocycles. The average molecular weight is 342 g/mol. The van der Waals surface area contributed by atoms with E-state index in [-0.39, 0.29) is 5.02 Å². The molecule has 0 aromatic carbocycles. The van der Waals surface area contributed by atoms with E-state index in [1.54, 1.807) is 19.1 Å². The van der Waals surface area contributed by atoms with E-state index in [9.17, 15) is 9.35 Å². The number of fused-ring (bicyclic) bond motifs is 1. The highest BCUT2D eigenvalue weighted by Gasteiger charge is 2.27. The Hall–Kier alpha value is -1.57. The molecule has 0 amide bonds. The molecule has 0 saturated carbocycles. The lowest BCUT2D eigenvalue weighted by Gasteiger charge is -2.18. The number of halogens is 1. The molecule has 2 rings (SSSR count). The summed E-state index contributed by atoms with van der Waals surface area (Å²) in [5.74, 6) is 0. The zero-order chi connectivity index (χ0) is 16.7. The Morgan fingerprint density at radius 1 is 1.45 bits per heavy atom. The second kappa shape index (κ2) is 5.91. The fourth-order valence-corrected chi connectivity index (χ4v) is 2.59. The van der Waals surface area contributed by atoms with Crippen LogP contribution in [-0.2, 0) is 11.4 Å². The first-order valence-corrected chi connectivity index (χ1v) is 7.98. The van der Waals surface area contributed by atoms with Crippen molar-refractivity contribution in [3.63, 3.8) is 0 Å². The van der Waals surface area contributed by atoms with Gasteiger partial charge in [-0.15, -0.1) is 0 Å². The lowest BCUT2D eigenvalue weighted by atomic mass is 10.2. The number of nitrogens with zero attached hydrogens (tertiary/aromatic N) is 3. The van der Waals surface area contributed by atoms with E-state index in [2.05, 4.69) is 9.38 Å². The summed E-state index contributed by atoms with van der Waals surface area (Å²) in [7, 11) is 0. The number of hydrogen-bond donors (Lipinski definition) is 1. The number of aromatic nitrogens is 2. The largest absolute Gasteiger partial charge is 0.591 e. The van der Waals surface area contributed by atoms with Crippen molar-refractivity contribution in [1.82, 2.24) is 9.55 Å². The molecule has 0 radical (unpaired) electrons. The minimum atomic E-state index is -1.39. The zero-order valence-corrected chi connectivity index (χ0v) is 14.2. The highest BCUT2D eigenvalue weighted by Crippen LogP contribution is 2.25. The van der Waals surface area contributed by atoms with Gasteiger partial charge in [0.1, 0.15) is 27.3 Å². The van der Waals surface area contributed by atoms with Gasteiger partial charge in [-0.2, -0.15) is 0 Å². The summed E-state index contributed by atoms with van der Waals surface area (Å²) < 4.78 is 16.8. The monoisotopic (exact) mass is 341 g/mol. The number of rotatable bonds is 2. The lowest BCUT2D eigenvalue weighted by Crippen LogP contribution is -2.26. The third-order valence-corrected chi connectivity index (χ3v) is 4.69. The van der Waals surface area contributed by atoms with Gasteiger partial charge in [0.2, 0.25) is 0 Å². The van der Waals surface area contributed by atoms with Crippen LogP contribution in [0.25, 0.3) is 11.0 Å². The standard InChI is InChI=1S/C14H16ClN3O3S/c1-8(17-22(21)14(2,3)4)10-5-6-11-12(16-10)9(15)7-18(11)13(19)20/h5-7H,1-4H3,(H,19,20)/b17-8-. The summed E-state index contributed by atoms with van der Waals surface area (Å²) in [6.45, 7) is 7.21. The first-order chi connectivity index (χ1) is 10.1. The number of carboxylic acid groups (broad SMARTS) is 1. The van der Waals surface area contributed by atoms with Crippen LogP contribution in [-0.4, -0.2) is 35.8 Å². The van der Waals surface area contributed by atoms with E-state index < -0.39 is 22.2 Å². The van der Waals surface area contributed by atoms with Crippen LogP contribution in [0.2, 0.25) is 5.02 Å². The van der Waals surface area contributed by atoms with Gasteiger partial charge in [0, 0.05) is 6.20 Å². The maximum absolute atomic E-state index is 12.1. The van der Waals surface area contributed by atoms with Crippen molar-refractivity contribution in [1.29, 1.82) is 0 Å². The zero-order valence-electron chi connectivity index (χ0n) is 12.6. The molecule has 1 N–H and O–H groups in total. The molecule has 1 atom stereocenters. The molecular formula is C14H16ClN3O3S. The Morgan fingerprint density at radius 2 is 2.09 bits per heavy atom. The van der Waals surface area contributed by atoms with Gasteiger partial charge in [0.25, 0.3) is 0 Å². The molecule has 2 heterocycles. The molecule has 0 aliphatic rings. The summed E-state index contributed by atoms with van der Waals surface area (Å²) in [6, 6.07) is 3.24. The predicted octanol–water partition coefficient (Wildman–Crippen LogP) is 3.49. The highest BCUT2D eigenvalue weighted by molar-refractivity contribution is 7.91. The molecule has 2 aromatic heterocycles. The van der Waals surface area contributed by atoms with Crippen molar-refractivity contribution in [3.05, 3.63) is 29.0 Å². The summed E-state index contributed by atoms with van der Waals surface area (Å²) in [5, 5.41) is 9.34. The van der Waals surface area contributed by atoms with E-state index >= 15 is 0 Å². The van der Waals surface area contributed by atoms with E-state index in [0.29, 0.717) is 22.4 Å². The fraction of sp³-hybridized carbons (Fsp3) is 0.357. The average Bonchev–Trinajstić information content (AvgIpc) is 2.74. The van der Waals surface area contributed by atoms with Crippen molar-refractivity contribution in [3.8, 4) is 0 Å². The molecular weight excluding hydrogens is 326 g/mol. The Morgan fingerprint density at radius 3 is 2.64 bits per heavy atom. The smallest absolute Gasteiger partial charge is 0.416 e. The van der Waals surface area contributed by atoms with Crippen LogP contribution in [0.1, 0.15) is 33.4 Å². The Labute approximate surface area is 136 Å². The molecule has 118 valence electrons. The van der Waals surface area contributed by atoms with Crippen molar-refractivity contribution in [2.45, 2.75) is 32.4 Å².